The lowest BCUT2D eigenvalue weighted by molar-refractivity contribution is -0.137. The summed E-state index contributed by atoms with van der Waals surface area (Å²) in [6, 6.07) is 7.44. The molecule has 10 nitrogen and oxygen atoms in total. The Labute approximate surface area is 222 Å². The van der Waals surface area contributed by atoms with Crippen LogP contribution in [0.5, 0.6) is 0 Å². The van der Waals surface area contributed by atoms with Gasteiger partial charge in [0, 0.05) is 11.9 Å². The topological polar surface area (TPSA) is 145 Å². The zero-order chi connectivity index (χ0) is 27.2. The van der Waals surface area contributed by atoms with Gasteiger partial charge in [0.05, 0.1) is 16.5 Å². The zero-order valence-electron chi connectivity index (χ0n) is 19.7. The van der Waals surface area contributed by atoms with Crippen molar-refractivity contribution in [2.75, 3.05) is 24.1 Å². The summed E-state index contributed by atoms with van der Waals surface area (Å²) in [5.41, 5.74) is 11.6. The van der Waals surface area contributed by atoms with Crippen molar-refractivity contribution in [1.82, 2.24) is 24.4 Å². The Hall–Kier alpha value is -3.78. The fourth-order valence-electron chi connectivity index (χ4n) is 4.81. The number of rotatable bonds is 5. The van der Waals surface area contributed by atoms with Crippen molar-refractivity contribution in [3.8, 4) is 0 Å². The molecule has 2 amide bonds. The van der Waals surface area contributed by atoms with Crippen LogP contribution in [0.1, 0.15) is 12.0 Å². The summed E-state index contributed by atoms with van der Waals surface area (Å²) in [6.07, 6.45) is -3.03. The van der Waals surface area contributed by atoms with Crippen molar-refractivity contribution in [2.24, 2.45) is 11.7 Å². The predicted molar refractivity (Wildman–Crippen MR) is 138 cm³/mol. The zero-order valence-corrected chi connectivity index (χ0v) is 21.3. The molecular formula is C24H22BrF3N8O2. The van der Waals surface area contributed by atoms with E-state index in [1.807, 2.05) is 0 Å². The molecule has 0 radical (unpaired) electrons. The van der Waals surface area contributed by atoms with E-state index in [4.69, 9.17) is 11.5 Å². The fourth-order valence-corrected chi connectivity index (χ4v) is 5.15. The standard InChI is InChI=1S/C24H22BrF3N8O2/c25-17-2-1-3-18(33-17)34-23(38)16-6-12(8-29)9-35(16)19(37)10-36-15-5-4-13(24(26,27)28)7-14(15)20-21(30)31-11-32-22(20)36/h1-5,7,11-12,16H,6,8-10,29H2,(H2,30,31,32)(H,33,34,38)/t12-,16-/m0/s1. The van der Waals surface area contributed by atoms with Gasteiger partial charge in [0.15, 0.2) is 0 Å². The highest BCUT2D eigenvalue weighted by Gasteiger charge is 2.39. The molecule has 0 aliphatic carbocycles. The molecule has 38 heavy (non-hydrogen) atoms. The Kier molecular flexibility index (Phi) is 6.69. The lowest BCUT2D eigenvalue weighted by Crippen LogP contribution is -2.44. The number of hydrogen-bond acceptors (Lipinski definition) is 7. The van der Waals surface area contributed by atoms with Gasteiger partial charge in [-0.15, -0.1) is 0 Å². The van der Waals surface area contributed by atoms with Gasteiger partial charge in [0.25, 0.3) is 0 Å². The van der Waals surface area contributed by atoms with Gasteiger partial charge in [-0.1, -0.05) is 6.07 Å². The molecule has 4 aromatic rings. The number of nitrogens with zero attached hydrogens (tertiary/aromatic N) is 5. The molecule has 1 aliphatic rings. The number of alkyl halides is 3. The Bertz CT molecular complexity index is 1560. The Balaban J connectivity index is 1.49. The third-order valence-electron chi connectivity index (χ3n) is 6.60. The highest BCUT2D eigenvalue weighted by atomic mass is 79.9. The van der Waals surface area contributed by atoms with Crippen LogP contribution in [-0.4, -0.2) is 55.4 Å². The van der Waals surface area contributed by atoms with Crippen LogP contribution in [0.2, 0.25) is 0 Å². The van der Waals surface area contributed by atoms with Crippen LogP contribution in [0.4, 0.5) is 24.8 Å². The van der Waals surface area contributed by atoms with E-state index in [2.05, 4.69) is 36.2 Å². The highest BCUT2D eigenvalue weighted by molar-refractivity contribution is 9.10. The van der Waals surface area contributed by atoms with Crippen molar-refractivity contribution in [3.05, 3.63) is 52.9 Å². The van der Waals surface area contributed by atoms with Crippen LogP contribution < -0.4 is 16.8 Å². The number of fused-ring (bicyclic) bond motifs is 3. The summed E-state index contributed by atoms with van der Waals surface area (Å²) in [5, 5.41) is 3.13. The first-order valence-corrected chi connectivity index (χ1v) is 12.4. The van der Waals surface area contributed by atoms with E-state index in [0.29, 0.717) is 22.4 Å². The van der Waals surface area contributed by atoms with Gasteiger partial charge >= 0.3 is 6.18 Å². The highest BCUT2D eigenvalue weighted by Crippen LogP contribution is 2.37. The number of nitrogens with one attached hydrogen (secondary N) is 1. The summed E-state index contributed by atoms with van der Waals surface area (Å²) in [6.45, 7) is 0.256. The Morgan fingerprint density at radius 1 is 1.18 bits per heavy atom. The largest absolute Gasteiger partial charge is 0.416 e. The number of carbonyl (C=O) groups is 2. The third kappa shape index (κ3) is 4.76. The molecule has 4 heterocycles. The number of halogens is 4. The van der Waals surface area contributed by atoms with E-state index in [0.717, 1.165) is 12.1 Å². The number of nitrogen functional groups attached to an aromatic ring is 1. The number of anilines is 2. The van der Waals surface area contributed by atoms with Gasteiger partial charge in [0.2, 0.25) is 11.8 Å². The molecule has 198 valence electrons. The molecule has 3 aromatic heterocycles. The smallest absolute Gasteiger partial charge is 0.383 e. The van der Waals surface area contributed by atoms with Gasteiger partial charge in [-0.25, -0.2) is 15.0 Å². The monoisotopic (exact) mass is 590 g/mol. The van der Waals surface area contributed by atoms with Crippen LogP contribution in [0.15, 0.2) is 47.3 Å². The third-order valence-corrected chi connectivity index (χ3v) is 7.04. The van der Waals surface area contributed by atoms with Crippen LogP contribution in [0.25, 0.3) is 21.9 Å². The molecule has 1 aromatic carbocycles. The summed E-state index contributed by atoms with van der Waals surface area (Å²) >= 11 is 3.26. The van der Waals surface area contributed by atoms with Gasteiger partial charge in [0.1, 0.15) is 40.8 Å². The van der Waals surface area contributed by atoms with Crippen LogP contribution in [-0.2, 0) is 22.3 Å². The quantitative estimate of drug-likeness (QED) is 0.303. The summed E-state index contributed by atoms with van der Waals surface area (Å²) in [7, 11) is 0. The molecule has 1 fully saturated rings. The number of carbonyl (C=O) groups excluding carboxylic acids is 2. The van der Waals surface area contributed by atoms with E-state index < -0.39 is 29.6 Å². The minimum Gasteiger partial charge on any atom is -0.383 e. The van der Waals surface area contributed by atoms with Gasteiger partial charge in [-0.2, -0.15) is 13.2 Å². The number of benzene rings is 1. The van der Waals surface area contributed by atoms with Crippen molar-refractivity contribution >= 4 is 61.3 Å². The first kappa shape index (κ1) is 25.9. The number of aromatic nitrogens is 4. The van der Waals surface area contributed by atoms with E-state index in [9.17, 15) is 22.8 Å². The molecule has 0 spiro atoms. The molecular weight excluding hydrogens is 569 g/mol. The van der Waals surface area contributed by atoms with E-state index >= 15 is 0 Å². The first-order valence-electron chi connectivity index (χ1n) is 11.6. The number of pyridine rings is 1. The van der Waals surface area contributed by atoms with Crippen molar-refractivity contribution in [2.45, 2.75) is 25.2 Å². The number of hydrogen-bond donors (Lipinski definition) is 3. The Morgan fingerprint density at radius 2 is 1.97 bits per heavy atom. The molecule has 0 saturated carbocycles. The molecule has 14 heteroatoms. The fraction of sp³-hybridized carbons (Fsp3) is 0.292. The predicted octanol–water partition coefficient (Wildman–Crippen LogP) is 3.16. The second-order valence-corrected chi connectivity index (χ2v) is 9.82. The molecule has 2 atom stereocenters. The number of nitrogens with two attached hydrogens (primary N) is 2. The van der Waals surface area contributed by atoms with Crippen LogP contribution in [0, 0.1) is 5.92 Å². The maximum Gasteiger partial charge on any atom is 0.416 e. The second kappa shape index (κ2) is 9.83. The van der Waals surface area contributed by atoms with Gasteiger partial charge in [-0.05, 0) is 65.1 Å². The van der Waals surface area contributed by atoms with E-state index in [-0.39, 0.29) is 47.8 Å². The average molecular weight is 591 g/mol. The molecule has 0 unspecified atom stereocenters. The molecule has 1 saturated heterocycles. The lowest BCUT2D eigenvalue weighted by atomic mass is 10.1. The van der Waals surface area contributed by atoms with Crippen LogP contribution >= 0.6 is 15.9 Å². The minimum absolute atomic E-state index is 0.00586. The van der Waals surface area contributed by atoms with Crippen LogP contribution in [0.3, 0.4) is 0 Å². The van der Waals surface area contributed by atoms with Crippen molar-refractivity contribution in [1.29, 1.82) is 0 Å². The lowest BCUT2D eigenvalue weighted by Gasteiger charge is -2.24. The molecule has 5 rings (SSSR count). The SMILES string of the molecule is NC[C@@H]1C[C@@H](C(=O)Nc2cccc(Br)n2)N(C(=O)Cn2c3ccc(C(F)(F)F)cc3c3c(N)ncnc32)C1. The number of amides is 2. The molecule has 5 N–H and O–H groups in total. The second-order valence-electron chi connectivity index (χ2n) is 9.01. The maximum absolute atomic E-state index is 13.6. The summed E-state index contributed by atoms with van der Waals surface area (Å²) in [5.74, 6) is -0.616. The Morgan fingerprint density at radius 3 is 2.68 bits per heavy atom. The molecule has 0 bridgehead atoms. The summed E-state index contributed by atoms with van der Waals surface area (Å²) < 4.78 is 42.3. The van der Waals surface area contributed by atoms with Gasteiger partial charge in [-0.3, -0.25) is 9.59 Å². The molecule has 1 aliphatic heterocycles. The summed E-state index contributed by atoms with van der Waals surface area (Å²) in [4.78, 5) is 40.5. The minimum atomic E-state index is -4.57. The normalized spacial score (nSPS) is 17.9. The first-order chi connectivity index (χ1) is 18.1. The van der Waals surface area contributed by atoms with Gasteiger partial charge < -0.3 is 26.3 Å². The maximum atomic E-state index is 13.6. The average Bonchev–Trinajstić information content (AvgIpc) is 3.44. The van der Waals surface area contributed by atoms with E-state index in [1.54, 1.807) is 18.2 Å². The number of likely N-dealkylation sites (tertiary alicyclic amines) is 1. The van der Waals surface area contributed by atoms with Crippen molar-refractivity contribution < 1.29 is 22.8 Å². The van der Waals surface area contributed by atoms with Crippen molar-refractivity contribution in [3.63, 3.8) is 0 Å². The van der Waals surface area contributed by atoms with E-state index in [1.165, 1.54) is 21.9 Å².